The summed E-state index contributed by atoms with van der Waals surface area (Å²) >= 11 is 1.57. The molecular weight excluding hydrogens is 386 g/mol. The first kappa shape index (κ1) is 17.7. The third kappa shape index (κ3) is 2.85. The van der Waals surface area contributed by atoms with Gasteiger partial charge < -0.3 is 5.32 Å². The fraction of sp³-hybridized carbons (Fsp3) is 0.250. The number of benzene rings is 1. The highest BCUT2D eigenvalue weighted by Crippen LogP contribution is 2.42. The van der Waals surface area contributed by atoms with Gasteiger partial charge in [-0.1, -0.05) is 56.2 Å². The number of aromatic amines is 1. The van der Waals surface area contributed by atoms with E-state index >= 15 is 0 Å². The number of hydrogen-bond donors (Lipinski definition) is 2. The summed E-state index contributed by atoms with van der Waals surface area (Å²) < 4.78 is 1.70. The van der Waals surface area contributed by atoms with Gasteiger partial charge in [0.25, 0.3) is 5.56 Å². The van der Waals surface area contributed by atoms with Gasteiger partial charge in [0.15, 0.2) is 0 Å². The van der Waals surface area contributed by atoms with Crippen LogP contribution in [0.15, 0.2) is 46.6 Å². The van der Waals surface area contributed by atoms with E-state index in [1.54, 1.807) is 16.0 Å². The Morgan fingerprint density at radius 1 is 1.14 bits per heavy atom. The van der Waals surface area contributed by atoms with Crippen molar-refractivity contribution in [2.45, 2.75) is 32.2 Å². The summed E-state index contributed by atoms with van der Waals surface area (Å²) in [5.41, 5.74) is 3.87. The molecule has 9 heteroatoms. The Morgan fingerprint density at radius 2 is 1.93 bits per heavy atom. The van der Waals surface area contributed by atoms with Crippen molar-refractivity contribution in [3.05, 3.63) is 68.8 Å². The molecule has 3 aromatic heterocycles. The normalized spacial score (nSPS) is 15.5. The van der Waals surface area contributed by atoms with E-state index in [2.05, 4.69) is 76.1 Å². The number of aromatic nitrogens is 6. The van der Waals surface area contributed by atoms with Gasteiger partial charge in [-0.15, -0.1) is 11.3 Å². The Balaban J connectivity index is 1.76. The van der Waals surface area contributed by atoms with Crippen molar-refractivity contribution >= 4 is 23.0 Å². The van der Waals surface area contributed by atoms with Crippen molar-refractivity contribution in [1.82, 2.24) is 30.4 Å². The highest BCUT2D eigenvalue weighted by molar-refractivity contribution is 7.13. The van der Waals surface area contributed by atoms with Crippen LogP contribution in [0.5, 0.6) is 0 Å². The Kier molecular flexibility index (Phi) is 3.88. The third-order valence-corrected chi connectivity index (χ3v) is 5.99. The summed E-state index contributed by atoms with van der Waals surface area (Å²) in [6.45, 7) is 6.54. The van der Waals surface area contributed by atoms with Gasteiger partial charge in [-0.3, -0.25) is 4.79 Å². The minimum atomic E-state index is -0.364. The summed E-state index contributed by atoms with van der Waals surface area (Å²) in [4.78, 5) is 13.6. The summed E-state index contributed by atoms with van der Waals surface area (Å²) in [5.74, 6) is 0.427. The second-order valence-electron chi connectivity index (χ2n) is 8.01. The maximum absolute atomic E-state index is 12.6. The number of nitrogens with zero attached hydrogens (tertiary/aromatic N) is 5. The maximum atomic E-state index is 12.6. The summed E-state index contributed by atoms with van der Waals surface area (Å²) in [6, 6.07) is 12.0. The van der Waals surface area contributed by atoms with Crippen molar-refractivity contribution in [2.75, 3.05) is 5.32 Å². The fourth-order valence-electron chi connectivity index (χ4n) is 3.61. The molecule has 0 unspecified atom stereocenters. The molecule has 1 aliphatic rings. The Morgan fingerprint density at radius 3 is 2.62 bits per heavy atom. The van der Waals surface area contributed by atoms with Crippen molar-refractivity contribution in [2.24, 2.45) is 0 Å². The van der Waals surface area contributed by atoms with Gasteiger partial charge in [0.2, 0.25) is 5.95 Å². The molecule has 0 aliphatic carbocycles. The standard InChI is InChI=1S/C20H19N7OS/c1-20(2,3)12-8-6-11(7-9-12)17-14-15(13-5-4-10-29-13)22-23-18(28)16(14)21-19-24-25-26-27(17)19/h4-10,17H,1-3H3,(H,23,28)(H,21,24,26)/t17-/m1/s1. The predicted molar refractivity (Wildman–Crippen MR) is 112 cm³/mol. The minimum absolute atomic E-state index is 0.0470. The van der Waals surface area contributed by atoms with Crippen molar-refractivity contribution in [1.29, 1.82) is 0 Å². The van der Waals surface area contributed by atoms with Crippen LogP contribution in [0, 0.1) is 0 Å². The molecule has 0 fully saturated rings. The number of rotatable bonds is 2. The van der Waals surface area contributed by atoms with Crippen molar-refractivity contribution in [3.8, 4) is 10.6 Å². The quantitative estimate of drug-likeness (QED) is 0.466. The highest BCUT2D eigenvalue weighted by atomic mass is 32.1. The highest BCUT2D eigenvalue weighted by Gasteiger charge is 2.34. The van der Waals surface area contributed by atoms with Crippen LogP contribution in [0.2, 0.25) is 0 Å². The molecule has 29 heavy (non-hydrogen) atoms. The van der Waals surface area contributed by atoms with Gasteiger partial charge in [-0.25, -0.2) is 5.10 Å². The average molecular weight is 405 g/mol. The number of hydrogen-bond acceptors (Lipinski definition) is 7. The first-order chi connectivity index (χ1) is 13.9. The first-order valence-electron chi connectivity index (χ1n) is 9.25. The van der Waals surface area contributed by atoms with Crippen LogP contribution in [0.3, 0.4) is 0 Å². The lowest BCUT2D eigenvalue weighted by Crippen LogP contribution is -2.29. The molecule has 2 N–H and O–H groups in total. The summed E-state index contributed by atoms with van der Waals surface area (Å²) in [5, 5.41) is 24.1. The molecule has 146 valence electrons. The van der Waals surface area contributed by atoms with E-state index in [4.69, 9.17) is 0 Å². The zero-order valence-corrected chi connectivity index (χ0v) is 17.0. The zero-order valence-electron chi connectivity index (χ0n) is 16.2. The lowest BCUT2D eigenvalue weighted by atomic mass is 9.85. The second-order valence-corrected chi connectivity index (χ2v) is 8.96. The van der Waals surface area contributed by atoms with E-state index in [0.29, 0.717) is 17.3 Å². The lowest BCUT2D eigenvalue weighted by Gasteiger charge is -2.28. The number of anilines is 2. The van der Waals surface area contributed by atoms with E-state index in [9.17, 15) is 4.79 Å². The van der Waals surface area contributed by atoms with Gasteiger partial charge in [-0.2, -0.15) is 9.78 Å². The molecule has 4 heterocycles. The SMILES string of the molecule is CC(C)(C)c1ccc([C@@H]2c3c(-c4cccs4)n[nH]c(=O)c3Nc3nnnn32)cc1. The molecule has 0 saturated heterocycles. The topological polar surface area (TPSA) is 101 Å². The van der Waals surface area contributed by atoms with E-state index in [1.807, 2.05) is 17.5 Å². The van der Waals surface area contributed by atoms with Crippen LogP contribution in [-0.4, -0.2) is 30.4 Å². The molecule has 1 atom stereocenters. The van der Waals surface area contributed by atoms with Gasteiger partial charge in [0.05, 0.1) is 4.88 Å². The van der Waals surface area contributed by atoms with Crippen LogP contribution in [0.25, 0.3) is 10.6 Å². The van der Waals surface area contributed by atoms with Crippen LogP contribution < -0.4 is 10.9 Å². The first-order valence-corrected chi connectivity index (χ1v) is 10.1. The van der Waals surface area contributed by atoms with E-state index < -0.39 is 0 Å². The molecule has 1 aromatic carbocycles. The Hall–Kier alpha value is -3.33. The molecule has 8 nitrogen and oxygen atoms in total. The van der Waals surface area contributed by atoms with Crippen LogP contribution >= 0.6 is 11.3 Å². The molecule has 1 aliphatic heterocycles. The molecule has 0 radical (unpaired) electrons. The molecule has 4 aromatic rings. The second kappa shape index (κ2) is 6.35. The van der Waals surface area contributed by atoms with Gasteiger partial charge in [-0.05, 0) is 38.4 Å². The number of tetrazole rings is 1. The van der Waals surface area contributed by atoms with E-state index in [1.165, 1.54) is 5.56 Å². The zero-order chi connectivity index (χ0) is 20.2. The van der Waals surface area contributed by atoms with Crippen molar-refractivity contribution in [3.63, 3.8) is 0 Å². The van der Waals surface area contributed by atoms with E-state index in [-0.39, 0.29) is 17.0 Å². The molecule has 5 rings (SSSR count). The smallest absolute Gasteiger partial charge is 0.288 e. The number of nitrogens with one attached hydrogen (secondary N) is 2. The monoisotopic (exact) mass is 405 g/mol. The predicted octanol–water partition coefficient (Wildman–Crippen LogP) is 3.48. The fourth-order valence-corrected chi connectivity index (χ4v) is 4.34. The summed E-state index contributed by atoms with van der Waals surface area (Å²) in [6.07, 6.45) is 0. The van der Waals surface area contributed by atoms with Gasteiger partial charge in [0, 0.05) is 5.56 Å². The largest absolute Gasteiger partial charge is 0.318 e. The molecule has 0 amide bonds. The number of thiophene rings is 1. The number of H-pyrrole nitrogens is 1. The van der Waals surface area contributed by atoms with E-state index in [0.717, 1.165) is 16.0 Å². The molecule has 0 spiro atoms. The van der Waals surface area contributed by atoms with Crippen LogP contribution in [0.4, 0.5) is 11.6 Å². The molecule has 0 saturated carbocycles. The molecule has 0 bridgehead atoms. The molecular formula is C20H19N7OS. The summed E-state index contributed by atoms with van der Waals surface area (Å²) in [7, 11) is 0. The Labute approximate surface area is 170 Å². The third-order valence-electron chi connectivity index (χ3n) is 5.12. The minimum Gasteiger partial charge on any atom is -0.318 e. The maximum Gasteiger partial charge on any atom is 0.288 e. The van der Waals surface area contributed by atoms with Crippen LogP contribution in [-0.2, 0) is 5.41 Å². The van der Waals surface area contributed by atoms with Gasteiger partial charge in [0.1, 0.15) is 17.4 Å². The number of fused-ring (bicyclic) bond motifs is 2. The van der Waals surface area contributed by atoms with Gasteiger partial charge >= 0.3 is 0 Å². The lowest BCUT2D eigenvalue weighted by molar-refractivity contribution is 0.564. The van der Waals surface area contributed by atoms with Crippen molar-refractivity contribution < 1.29 is 0 Å². The van der Waals surface area contributed by atoms with Crippen LogP contribution in [0.1, 0.15) is 43.5 Å². The average Bonchev–Trinajstić information content (AvgIpc) is 3.38. The Bertz CT molecular complexity index is 1230.